The molecule has 0 aromatic carbocycles. The third-order valence-electron chi connectivity index (χ3n) is 3.50. The Morgan fingerprint density at radius 2 is 2.50 bits per heavy atom. The van der Waals surface area contributed by atoms with E-state index in [0.29, 0.717) is 12.0 Å². The number of rotatable bonds is 3. The van der Waals surface area contributed by atoms with E-state index in [4.69, 9.17) is 4.42 Å². The molecule has 2 saturated heterocycles. The Balaban J connectivity index is 1.62. The van der Waals surface area contributed by atoms with Crippen molar-refractivity contribution in [1.29, 1.82) is 0 Å². The van der Waals surface area contributed by atoms with Gasteiger partial charge in [-0.2, -0.15) is 11.8 Å². The van der Waals surface area contributed by atoms with Gasteiger partial charge in [0, 0.05) is 24.1 Å². The van der Waals surface area contributed by atoms with Crippen molar-refractivity contribution >= 4 is 11.8 Å². The molecule has 3 rings (SSSR count). The van der Waals surface area contributed by atoms with E-state index in [1.54, 1.807) is 0 Å². The first-order valence-electron chi connectivity index (χ1n) is 6.17. The van der Waals surface area contributed by atoms with Gasteiger partial charge in [-0.1, -0.05) is 0 Å². The maximum absolute atomic E-state index is 5.58. The fraction of sp³-hybridized carbons (Fsp3) is 0.750. The zero-order chi connectivity index (χ0) is 10.8. The van der Waals surface area contributed by atoms with Crippen molar-refractivity contribution in [3.63, 3.8) is 0 Å². The van der Waals surface area contributed by atoms with E-state index < -0.39 is 0 Å². The van der Waals surface area contributed by atoms with Crippen LogP contribution in [0.3, 0.4) is 0 Å². The normalized spacial score (nSPS) is 30.0. The van der Waals surface area contributed by atoms with Gasteiger partial charge in [-0.05, 0) is 31.6 Å². The molecule has 2 atom stereocenters. The number of nitrogens with one attached hydrogen (secondary N) is 1. The average Bonchev–Trinajstić information content (AvgIpc) is 2.99. The second-order valence-electron chi connectivity index (χ2n) is 4.72. The summed E-state index contributed by atoms with van der Waals surface area (Å²) in [6.07, 6.45) is 6.65. The fourth-order valence-corrected chi connectivity index (χ4v) is 3.76. The van der Waals surface area contributed by atoms with Gasteiger partial charge in [0.25, 0.3) is 0 Å². The molecule has 3 heterocycles. The number of hydrogen-bond donors (Lipinski definition) is 1. The van der Waals surface area contributed by atoms with Crippen LogP contribution in [-0.4, -0.2) is 29.1 Å². The van der Waals surface area contributed by atoms with Crippen LogP contribution in [0.1, 0.15) is 36.8 Å². The number of thioether (sulfide) groups is 1. The lowest BCUT2D eigenvalue weighted by Crippen LogP contribution is -2.23. The number of nitrogens with zero attached hydrogens (tertiary/aromatic N) is 1. The third kappa shape index (κ3) is 2.28. The van der Waals surface area contributed by atoms with E-state index in [9.17, 15) is 0 Å². The molecule has 3 nitrogen and oxygen atoms in total. The Morgan fingerprint density at radius 1 is 1.50 bits per heavy atom. The van der Waals surface area contributed by atoms with Crippen LogP contribution in [0.15, 0.2) is 10.7 Å². The molecule has 88 valence electrons. The quantitative estimate of drug-likeness (QED) is 0.876. The van der Waals surface area contributed by atoms with Crippen molar-refractivity contribution < 1.29 is 4.42 Å². The highest BCUT2D eigenvalue weighted by Crippen LogP contribution is 2.31. The summed E-state index contributed by atoms with van der Waals surface area (Å²) in [7, 11) is 0. The van der Waals surface area contributed by atoms with E-state index in [0.717, 1.165) is 18.9 Å². The first kappa shape index (κ1) is 10.7. The molecule has 1 aromatic heterocycles. The van der Waals surface area contributed by atoms with Crippen LogP contribution in [0, 0.1) is 0 Å². The lowest BCUT2D eigenvalue weighted by Gasteiger charge is -2.05. The molecule has 0 spiro atoms. The summed E-state index contributed by atoms with van der Waals surface area (Å²) in [4.78, 5) is 4.64. The molecule has 2 aliphatic heterocycles. The Labute approximate surface area is 100 Å². The molecule has 0 radical (unpaired) electrons. The van der Waals surface area contributed by atoms with Gasteiger partial charge in [0.15, 0.2) is 5.89 Å². The van der Waals surface area contributed by atoms with Crippen LogP contribution < -0.4 is 5.32 Å². The van der Waals surface area contributed by atoms with Gasteiger partial charge in [-0.3, -0.25) is 0 Å². The van der Waals surface area contributed by atoms with Crippen molar-refractivity contribution in [2.75, 3.05) is 18.1 Å². The molecule has 2 aliphatic rings. The van der Waals surface area contributed by atoms with Crippen molar-refractivity contribution in [2.45, 2.75) is 37.6 Å². The largest absolute Gasteiger partial charge is 0.449 e. The highest BCUT2D eigenvalue weighted by Gasteiger charge is 2.22. The van der Waals surface area contributed by atoms with Crippen LogP contribution in [-0.2, 0) is 6.42 Å². The van der Waals surface area contributed by atoms with E-state index in [1.807, 2.05) is 18.0 Å². The first-order chi connectivity index (χ1) is 7.92. The standard InChI is InChI=1S/C12H18N2OS/c1-2-10(13-4-1)6-12-14-11(7-15-12)9-3-5-16-8-9/h7,9-10,13H,1-6,8H2. The minimum Gasteiger partial charge on any atom is -0.449 e. The molecule has 0 aliphatic carbocycles. The Hall–Kier alpha value is -0.480. The minimum absolute atomic E-state index is 0.587. The molecule has 0 amide bonds. The zero-order valence-corrected chi connectivity index (χ0v) is 10.3. The minimum atomic E-state index is 0.587. The van der Waals surface area contributed by atoms with Gasteiger partial charge in [-0.25, -0.2) is 4.98 Å². The Morgan fingerprint density at radius 3 is 3.25 bits per heavy atom. The fourth-order valence-electron chi connectivity index (χ4n) is 2.52. The van der Waals surface area contributed by atoms with Crippen molar-refractivity contribution in [3.8, 4) is 0 Å². The summed E-state index contributed by atoms with van der Waals surface area (Å²) in [5.41, 5.74) is 1.18. The summed E-state index contributed by atoms with van der Waals surface area (Å²) >= 11 is 2.03. The van der Waals surface area contributed by atoms with Gasteiger partial charge in [0.1, 0.15) is 6.26 Å². The highest BCUT2D eigenvalue weighted by atomic mass is 32.2. The van der Waals surface area contributed by atoms with E-state index >= 15 is 0 Å². The molecule has 16 heavy (non-hydrogen) atoms. The summed E-state index contributed by atoms with van der Waals surface area (Å²) in [6, 6.07) is 0.587. The summed E-state index contributed by atoms with van der Waals surface area (Å²) in [5.74, 6) is 4.05. The number of hydrogen-bond acceptors (Lipinski definition) is 4. The van der Waals surface area contributed by atoms with Crippen molar-refractivity contribution in [3.05, 3.63) is 17.8 Å². The Bertz CT molecular complexity index is 341. The molecule has 2 fully saturated rings. The Kier molecular flexibility index (Phi) is 3.20. The highest BCUT2D eigenvalue weighted by molar-refractivity contribution is 7.99. The van der Waals surface area contributed by atoms with Crippen molar-refractivity contribution in [2.24, 2.45) is 0 Å². The maximum atomic E-state index is 5.58. The molecular weight excluding hydrogens is 220 g/mol. The lowest BCUT2D eigenvalue weighted by molar-refractivity contribution is 0.455. The van der Waals surface area contributed by atoms with Crippen molar-refractivity contribution in [1.82, 2.24) is 10.3 Å². The number of oxazole rings is 1. The zero-order valence-electron chi connectivity index (χ0n) is 9.45. The second kappa shape index (κ2) is 4.80. The summed E-state index contributed by atoms with van der Waals surface area (Å²) < 4.78 is 5.58. The maximum Gasteiger partial charge on any atom is 0.195 e. The molecule has 4 heteroatoms. The molecule has 0 bridgehead atoms. The molecule has 1 aromatic rings. The predicted octanol–water partition coefficient (Wildman–Crippen LogP) is 2.19. The SMILES string of the molecule is c1oc(CC2CCCN2)nc1C1CCSC1. The van der Waals surface area contributed by atoms with Gasteiger partial charge >= 0.3 is 0 Å². The van der Waals surface area contributed by atoms with E-state index in [1.165, 1.54) is 36.5 Å². The summed E-state index contributed by atoms with van der Waals surface area (Å²) in [6.45, 7) is 1.15. The predicted molar refractivity (Wildman–Crippen MR) is 65.9 cm³/mol. The molecular formula is C12H18N2OS. The van der Waals surface area contributed by atoms with Crippen LogP contribution in [0.5, 0.6) is 0 Å². The van der Waals surface area contributed by atoms with Crippen LogP contribution in [0.4, 0.5) is 0 Å². The van der Waals surface area contributed by atoms with Gasteiger partial charge in [-0.15, -0.1) is 0 Å². The van der Waals surface area contributed by atoms with Crippen LogP contribution in [0.2, 0.25) is 0 Å². The summed E-state index contributed by atoms with van der Waals surface area (Å²) in [5, 5.41) is 3.48. The molecule has 1 N–H and O–H groups in total. The molecule has 2 unspecified atom stereocenters. The van der Waals surface area contributed by atoms with Gasteiger partial charge in [0.2, 0.25) is 0 Å². The van der Waals surface area contributed by atoms with E-state index in [2.05, 4.69) is 10.3 Å². The molecule has 0 saturated carbocycles. The second-order valence-corrected chi connectivity index (χ2v) is 5.87. The number of aromatic nitrogens is 1. The van der Waals surface area contributed by atoms with Gasteiger partial charge < -0.3 is 9.73 Å². The van der Waals surface area contributed by atoms with E-state index in [-0.39, 0.29) is 0 Å². The smallest absolute Gasteiger partial charge is 0.195 e. The average molecular weight is 238 g/mol. The van der Waals surface area contributed by atoms with Crippen LogP contribution in [0.25, 0.3) is 0 Å². The first-order valence-corrected chi connectivity index (χ1v) is 7.33. The monoisotopic (exact) mass is 238 g/mol. The van der Waals surface area contributed by atoms with Gasteiger partial charge in [0.05, 0.1) is 5.69 Å². The third-order valence-corrected chi connectivity index (χ3v) is 4.66. The topological polar surface area (TPSA) is 38.1 Å². The lowest BCUT2D eigenvalue weighted by atomic mass is 10.1. The van der Waals surface area contributed by atoms with Crippen LogP contribution >= 0.6 is 11.8 Å².